The van der Waals surface area contributed by atoms with Crippen LogP contribution in [0.15, 0.2) is 48.5 Å². The Morgan fingerprint density at radius 1 is 1.24 bits per heavy atom. The van der Waals surface area contributed by atoms with Gasteiger partial charge in [0.15, 0.2) is 0 Å². The second kappa shape index (κ2) is 8.03. The Labute approximate surface area is 149 Å². The van der Waals surface area contributed by atoms with Gasteiger partial charge >= 0.3 is 0 Å². The molecule has 1 aliphatic heterocycles. The largest absolute Gasteiger partial charge is 0.497 e. The van der Waals surface area contributed by atoms with E-state index in [-0.39, 0.29) is 5.91 Å². The molecule has 0 saturated carbocycles. The number of carbonyl (C=O) groups excluding carboxylic acids is 1. The molecule has 0 unspecified atom stereocenters. The van der Waals surface area contributed by atoms with Gasteiger partial charge in [-0.3, -0.25) is 4.79 Å². The van der Waals surface area contributed by atoms with Crippen molar-refractivity contribution < 1.29 is 9.53 Å². The van der Waals surface area contributed by atoms with E-state index >= 15 is 0 Å². The highest BCUT2D eigenvalue weighted by Crippen LogP contribution is 2.26. The van der Waals surface area contributed by atoms with Crippen LogP contribution in [0.1, 0.15) is 16.8 Å². The molecule has 3 rings (SSSR count). The van der Waals surface area contributed by atoms with Gasteiger partial charge < -0.3 is 20.3 Å². The van der Waals surface area contributed by atoms with E-state index in [9.17, 15) is 4.79 Å². The van der Waals surface area contributed by atoms with Crippen LogP contribution in [-0.2, 0) is 0 Å². The lowest BCUT2D eigenvalue weighted by Crippen LogP contribution is -2.30. The Morgan fingerprint density at radius 3 is 2.88 bits per heavy atom. The summed E-state index contributed by atoms with van der Waals surface area (Å²) in [5.74, 6) is 1.40. The first-order valence-electron chi connectivity index (χ1n) is 8.65. The normalized spacial score (nSPS) is 16.7. The molecule has 5 heteroatoms. The summed E-state index contributed by atoms with van der Waals surface area (Å²) in [5, 5.41) is 6.55. The standard InChI is InChI=1S/C20H25N3O2/c1-21-13-15-10-11-23(14-15)20(24)18-8-3-4-9-19(18)22-16-6-5-7-17(12-16)25-2/h3-9,12,15,21-22H,10-11,13-14H2,1-2H3/t15-/m0/s1. The minimum atomic E-state index is 0.0876. The minimum absolute atomic E-state index is 0.0876. The number of ether oxygens (including phenoxy) is 1. The van der Waals surface area contributed by atoms with E-state index in [0.29, 0.717) is 11.5 Å². The molecule has 1 amide bonds. The first kappa shape index (κ1) is 17.3. The van der Waals surface area contributed by atoms with Crippen LogP contribution in [0.4, 0.5) is 11.4 Å². The highest BCUT2D eigenvalue weighted by Gasteiger charge is 2.27. The number of para-hydroxylation sites is 1. The Kier molecular flexibility index (Phi) is 5.56. The van der Waals surface area contributed by atoms with E-state index in [2.05, 4.69) is 10.6 Å². The van der Waals surface area contributed by atoms with Gasteiger partial charge in [0, 0.05) is 24.8 Å². The van der Waals surface area contributed by atoms with Gasteiger partial charge in [0.2, 0.25) is 0 Å². The van der Waals surface area contributed by atoms with E-state index < -0.39 is 0 Å². The number of methoxy groups -OCH3 is 1. The fourth-order valence-corrected chi connectivity index (χ4v) is 3.28. The summed E-state index contributed by atoms with van der Waals surface area (Å²) in [6.45, 7) is 2.58. The molecule has 0 aliphatic carbocycles. The summed E-state index contributed by atoms with van der Waals surface area (Å²) >= 11 is 0. The molecule has 2 aromatic rings. The van der Waals surface area contributed by atoms with Crippen molar-refractivity contribution in [2.45, 2.75) is 6.42 Å². The second-order valence-corrected chi connectivity index (χ2v) is 6.37. The third kappa shape index (κ3) is 4.12. The topological polar surface area (TPSA) is 53.6 Å². The number of carbonyl (C=O) groups is 1. The lowest BCUT2D eigenvalue weighted by Gasteiger charge is -2.19. The van der Waals surface area contributed by atoms with Crippen LogP contribution in [0.3, 0.4) is 0 Å². The summed E-state index contributed by atoms with van der Waals surface area (Å²) < 4.78 is 5.27. The van der Waals surface area contributed by atoms with E-state index in [1.165, 1.54) is 0 Å². The zero-order valence-corrected chi connectivity index (χ0v) is 14.8. The molecule has 0 radical (unpaired) electrons. The number of benzene rings is 2. The first-order valence-corrected chi connectivity index (χ1v) is 8.65. The average Bonchev–Trinajstić information content (AvgIpc) is 3.11. The molecule has 0 aromatic heterocycles. The van der Waals surface area contributed by atoms with Gasteiger partial charge in [0.25, 0.3) is 5.91 Å². The van der Waals surface area contributed by atoms with Crippen LogP contribution in [0, 0.1) is 5.92 Å². The minimum Gasteiger partial charge on any atom is -0.497 e. The van der Waals surface area contributed by atoms with Gasteiger partial charge in [-0.25, -0.2) is 0 Å². The van der Waals surface area contributed by atoms with E-state index in [1.54, 1.807) is 7.11 Å². The Bertz CT molecular complexity index is 732. The van der Waals surface area contributed by atoms with Gasteiger partial charge in [-0.05, 0) is 50.2 Å². The van der Waals surface area contributed by atoms with Crippen molar-refractivity contribution in [2.75, 3.05) is 39.1 Å². The molecule has 1 heterocycles. The Morgan fingerprint density at radius 2 is 2.08 bits per heavy atom. The summed E-state index contributed by atoms with van der Waals surface area (Å²) in [4.78, 5) is 14.9. The summed E-state index contributed by atoms with van der Waals surface area (Å²) in [6.07, 6.45) is 1.05. The van der Waals surface area contributed by atoms with Crippen LogP contribution in [0.2, 0.25) is 0 Å². The third-order valence-electron chi connectivity index (χ3n) is 4.57. The fourth-order valence-electron chi connectivity index (χ4n) is 3.28. The molecule has 25 heavy (non-hydrogen) atoms. The van der Waals surface area contributed by atoms with Gasteiger partial charge in [-0.1, -0.05) is 18.2 Å². The zero-order valence-electron chi connectivity index (χ0n) is 14.8. The van der Waals surface area contributed by atoms with Crippen molar-refractivity contribution in [3.8, 4) is 5.75 Å². The number of nitrogens with one attached hydrogen (secondary N) is 2. The fraction of sp³-hybridized carbons (Fsp3) is 0.350. The van der Waals surface area contributed by atoms with Gasteiger partial charge in [0.05, 0.1) is 18.4 Å². The zero-order chi connectivity index (χ0) is 17.6. The van der Waals surface area contributed by atoms with Crippen LogP contribution in [0.5, 0.6) is 5.75 Å². The predicted octanol–water partition coefficient (Wildman–Crippen LogP) is 3.12. The van der Waals surface area contributed by atoms with Crippen molar-refractivity contribution >= 4 is 17.3 Å². The molecule has 2 N–H and O–H groups in total. The molecule has 2 aromatic carbocycles. The van der Waals surface area contributed by atoms with Crippen LogP contribution in [-0.4, -0.2) is 44.6 Å². The lowest BCUT2D eigenvalue weighted by molar-refractivity contribution is 0.0788. The summed E-state index contributed by atoms with van der Waals surface area (Å²) in [5.41, 5.74) is 2.42. The monoisotopic (exact) mass is 339 g/mol. The highest BCUT2D eigenvalue weighted by atomic mass is 16.5. The maximum Gasteiger partial charge on any atom is 0.255 e. The Hall–Kier alpha value is -2.53. The number of rotatable bonds is 6. The smallest absolute Gasteiger partial charge is 0.255 e. The van der Waals surface area contributed by atoms with Crippen molar-refractivity contribution in [3.63, 3.8) is 0 Å². The number of hydrogen-bond donors (Lipinski definition) is 2. The van der Waals surface area contributed by atoms with Gasteiger partial charge in [0.1, 0.15) is 5.75 Å². The molecule has 1 fully saturated rings. The van der Waals surface area contributed by atoms with Crippen molar-refractivity contribution in [1.82, 2.24) is 10.2 Å². The first-order chi connectivity index (χ1) is 12.2. The maximum atomic E-state index is 13.0. The van der Waals surface area contributed by atoms with Gasteiger partial charge in [-0.15, -0.1) is 0 Å². The van der Waals surface area contributed by atoms with Crippen molar-refractivity contribution in [2.24, 2.45) is 5.92 Å². The molecule has 1 saturated heterocycles. The average molecular weight is 339 g/mol. The van der Waals surface area contributed by atoms with Crippen LogP contribution >= 0.6 is 0 Å². The molecule has 5 nitrogen and oxygen atoms in total. The molecular weight excluding hydrogens is 314 g/mol. The number of amides is 1. The maximum absolute atomic E-state index is 13.0. The summed E-state index contributed by atoms with van der Waals surface area (Å²) in [6, 6.07) is 15.4. The molecular formula is C20H25N3O2. The number of anilines is 2. The summed E-state index contributed by atoms with van der Waals surface area (Å²) in [7, 11) is 3.60. The van der Waals surface area contributed by atoms with E-state index in [1.807, 2.05) is 60.5 Å². The molecule has 1 atom stereocenters. The SMILES string of the molecule is CNC[C@@H]1CCN(C(=O)c2ccccc2Nc2cccc(OC)c2)C1. The van der Waals surface area contributed by atoms with Gasteiger partial charge in [-0.2, -0.15) is 0 Å². The number of hydrogen-bond acceptors (Lipinski definition) is 4. The number of likely N-dealkylation sites (tertiary alicyclic amines) is 1. The van der Waals surface area contributed by atoms with Crippen LogP contribution < -0.4 is 15.4 Å². The van der Waals surface area contributed by atoms with Crippen LogP contribution in [0.25, 0.3) is 0 Å². The van der Waals surface area contributed by atoms with E-state index in [4.69, 9.17) is 4.74 Å². The van der Waals surface area contributed by atoms with Crippen molar-refractivity contribution in [1.29, 1.82) is 0 Å². The van der Waals surface area contributed by atoms with Crippen molar-refractivity contribution in [3.05, 3.63) is 54.1 Å². The molecule has 1 aliphatic rings. The quantitative estimate of drug-likeness (QED) is 0.849. The molecule has 0 bridgehead atoms. The third-order valence-corrected chi connectivity index (χ3v) is 4.57. The Balaban J connectivity index is 1.77. The number of nitrogens with zero attached hydrogens (tertiary/aromatic N) is 1. The predicted molar refractivity (Wildman–Crippen MR) is 101 cm³/mol. The molecule has 132 valence electrons. The second-order valence-electron chi connectivity index (χ2n) is 6.37. The highest BCUT2D eigenvalue weighted by molar-refractivity contribution is 6.00. The van der Waals surface area contributed by atoms with E-state index in [0.717, 1.165) is 43.2 Å². The molecule has 0 spiro atoms. The lowest BCUT2D eigenvalue weighted by atomic mass is 10.1.